The Morgan fingerprint density at radius 3 is 1.79 bits per heavy atom. The van der Waals surface area contributed by atoms with Gasteiger partial charge in [0, 0.05) is 6.42 Å². The molecule has 3 heteroatoms. The Balaban J connectivity index is 2.93. The third-order valence-corrected chi connectivity index (χ3v) is 4.48. The van der Waals surface area contributed by atoms with Crippen molar-refractivity contribution in [1.82, 2.24) is 0 Å². The standard InChI is InChI=1S/C16H32O2S/c1-2-3-11-14-19-15-12-9-7-5-4-6-8-10-13-16(17)18/h2-15H2,1H3,(H,17,18). The number of carboxylic acid groups (broad SMARTS) is 1. The molecule has 0 aromatic rings. The fraction of sp³-hybridized carbons (Fsp3) is 0.938. The summed E-state index contributed by atoms with van der Waals surface area (Å²) < 4.78 is 0. The van der Waals surface area contributed by atoms with E-state index in [1.54, 1.807) is 0 Å². The first-order valence-electron chi connectivity index (χ1n) is 8.07. The summed E-state index contributed by atoms with van der Waals surface area (Å²) in [6.07, 6.45) is 14.3. The van der Waals surface area contributed by atoms with E-state index >= 15 is 0 Å². The Hall–Kier alpha value is -0.180. The van der Waals surface area contributed by atoms with Crippen molar-refractivity contribution in [2.75, 3.05) is 11.5 Å². The van der Waals surface area contributed by atoms with Crippen LogP contribution in [0.15, 0.2) is 0 Å². The van der Waals surface area contributed by atoms with Crippen molar-refractivity contribution in [1.29, 1.82) is 0 Å². The highest BCUT2D eigenvalue weighted by atomic mass is 32.2. The summed E-state index contributed by atoms with van der Waals surface area (Å²) in [7, 11) is 0. The van der Waals surface area contributed by atoms with Crippen molar-refractivity contribution in [3.05, 3.63) is 0 Å². The van der Waals surface area contributed by atoms with Gasteiger partial charge in [-0.15, -0.1) is 0 Å². The third kappa shape index (κ3) is 17.8. The maximum absolute atomic E-state index is 10.3. The molecule has 0 heterocycles. The lowest BCUT2D eigenvalue weighted by Crippen LogP contribution is -1.93. The van der Waals surface area contributed by atoms with Crippen molar-refractivity contribution >= 4 is 17.7 Å². The van der Waals surface area contributed by atoms with Crippen LogP contribution < -0.4 is 0 Å². The quantitative estimate of drug-likeness (QED) is 0.404. The van der Waals surface area contributed by atoms with Gasteiger partial charge in [-0.3, -0.25) is 4.79 Å². The number of hydrogen-bond donors (Lipinski definition) is 1. The molecule has 0 saturated heterocycles. The van der Waals surface area contributed by atoms with Gasteiger partial charge in [-0.1, -0.05) is 58.3 Å². The van der Waals surface area contributed by atoms with Crippen LogP contribution in [0.5, 0.6) is 0 Å². The molecule has 0 saturated carbocycles. The van der Waals surface area contributed by atoms with Gasteiger partial charge in [0.1, 0.15) is 0 Å². The minimum absolute atomic E-state index is 0.343. The average molecular weight is 288 g/mol. The van der Waals surface area contributed by atoms with Gasteiger partial charge >= 0.3 is 5.97 Å². The Kier molecular flexibility index (Phi) is 15.7. The molecule has 0 spiro atoms. The highest BCUT2D eigenvalue weighted by Gasteiger charge is 1.96. The fourth-order valence-corrected chi connectivity index (χ4v) is 3.12. The zero-order valence-electron chi connectivity index (χ0n) is 12.7. The van der Waals surface area contributed by atoms with Crippen LogP contribution in [0.3, 0.4) is 0 Å². The van der Waals surface area contributed by atoms with Crippen LogP contribution >= 0.6 is 11.8 Å². The monoisotopic (exact) mass is 288 g/mol. The first-order valence-corrected chi connectivity index (χ1v) is 9.22. The third-order valence-electron chi connectivity index (χ3n) is 3.32. The second-order valence-corrected chi connectivity index (χ2v) is 6.52. The van der Waals surface area contributed by atoms with Crippen LogP contribution in [0.2, 0.25) is 0 Å². The maximum Gasteiger partial charge on any atom is 0.303 e. The summed E-state index contributed by atoms with van der Waals surface area (Å²) in [6, 6.07) is 0. The zero-order chi connectivity index (χ0) is 14.2. The maximum atomic E-state index is 10.3. The molecule has 0 bridgehead atoms. The van der Waals surface area contributed by atoms with Gasteiger partial charge in [-0.25, -0.2) is 0 Å². The average Bonchev–Trinajstić information content (AvgIpc) is 2.39. The number of hydrogen-bond acceptors (Lipinski definition) is 2. The van der Waals surface area contributed by atoms with Crippen molar-refractivity contribution < 1.29 is 9.90 Å². The van der Waals surface area contributed by atoms with Crippen LogP contribution in [-0.2, 0) is 4.79 Å². The van der Waals surface area contributed by atoms with E-state index in [1.165, 1.54) is 69.3 Å². The van der Waals surface area contributed by atoms with Gasteiger partial charge in [0.25, 0.3) is 0 Å². The van der Waals surface area contributed by atoms with Crippen LogP contribution in [0.1, 0.15) is 84.0 Å². The lowest BCUT2D eigenvalue weighted by atomic mass is 10.1. The van der Waals surface area contributed by atoms with Gasteiger partial charge in [0.05, 0.1) is 0 Å². The molecule has 0 aliphatic rings. The molecule has 19 heavy (non-hydrogen) atoms. The van der Waals surface area contributed by atoms with Gasteiger partial charge < -0.3 is 5.11 Å². The highest BCUT2D eigenvalue weighted by Crippen LogP contribution is 2.13. The van der Waals surface area contributed by atoms with Crippen molar-refractivity contribution in [3.63, 3.8) is 0 Å². The molecule has 0 rings (SSSR count). The lowest BCUT2D eigenvalue weighted by molar-refractivity contribution is -0.137. The summed E-state index contributed by atoms with van der Waals surface area (Å²) in [6.45, 7) is 2.26. The molecule has 0 aliphatic carbocycles. The Labute approximate surface area is 123 Å². The van der Waals surface area contributed by atoms with E-state index in [4.69, 9.17) is 5.11 Å². The Bertz CT molecular complexity index is 195. The first kappa shape index (κ1) is 18.8. The minimum Gasteiger partial charge on any atom is -0.481 e. The highest BCUT2D eigenvalue weighted by molar-refractivity contribution is 7.99. The number of aliphatic carboxylic acids is 1. The van der Waals surface area contributed by atoms with E-state index in [-0.39, 0.29) is 0 Å². The molecule has 0 fully saturated rings. The molecular formula is C16H32O2S. The van der Waals surface area contributed by atoms with Crippen molar-refractivity contribution in [2.45, 2.75) is 84.0 Å². The van der Waals surface area contributed by atoms with Crippen molar-refractivity contribution in [3.8, 4) is 0 Å². The molecular weight excluding hydrogens is 256 g/mol. The summed E-state index contributed by atoms with van der Waals surface area (Å²) in [4.78, 5) is 10.3. The van der Waals surface area contributed by atoms with Crippen LogP contribution in [0, 0.1) is 0 Å². The van der Waals surface area contributed by atoms with E-state index in [1.807, 2.05) is 0 Å². The second kappa shape index (κ2) is 15.9. The first-order chi connectivity index (χ1) is 9.27. The van der Waals surface area contributed by atoms with E-state index in [0.717, 1.165) is 12.8 Å². The molecule has 0 amide bonds. The molecule has 0 aliphatic heterocycles. The van der Waals surface area contributed by atoms with Gasteiger partial charge in [-0.05, 0) is 30.8 Å². The Morgan fingerprint density at radius 1 is 0.789 bits per heavy atom. The van der Waals surface area contributed by atoms with Gasteiger partial charge in [-0.2, -0.15) is 11.8 Å². The van der Waals surface area contributed by atoms with Crippen LogP contribution in [0.4, 0.5) is 0 Å². The van der Waals surface area contributed by atoms with E-state index < -0.39 is 5.97 Å². The fourth-order valence-electron chi connectivity index (χ4n) is 2.10. The van der Waals surface area contributed by atoms with E-state index in [9.17, 15) is 4.79 Å². The number of thioether (sulfide) groups is 1. The molecule has 0 aromatic carbocycles. The Morgan fingerprint density at radius 2 is 1.26 bits per heavy atom. The largest absolute Gasteiger partial charge is 0.481 e. The lowest BCUT2D eigenvalue weighted by Gasteiger charge is -2.02. The topological polar surface area (TPSA) is 37.3 Å². The zero-order valence-corrected chi connectivity index (χ0v) is 13.5. The number of unbranched alkanes of at least 4 members (excludes halogenated alkanes) is 9. The van der Waals surface area contributed by atoms with Crippen LogP contribution in [-0.4, -0.2) is 22.6 Å². The smallest absolute Gasteiger partial charge is 0.303 e. The van der Waals surface area contributed by atoms with E-state index in [0.29, 0.717) is 6.42 Å². The van der Waals surface area contributed by atoms with Crippen molar-refractivity contribution in [2.24, 2.45) is 0 Å². The summed E-state index contributed by atoms with van der Waals surface area (Å²) in [5, 5.41) is 8.50. The predicted molar refractivity (Wildman–Crippen MR) is 86.0 cm³/mol. The molecule has 1 N–H and O–H groups in total. The molecule has 0 aromatic heterocycles. The molecule has 0 unspecified atom stereocenters. The molecule has 114 valence electrons. The summed E-state index contributed by atoms with van der Waals surface area (Å²) in [5.41, 5.74) is 0. The number of carbonyl (C=O) groups is 1. The van der Waals surface area contributed by atoms with Gasteiger partial charge in [0.2, 0.25) is 0 Å². The number of rotatable bonds is 15. The summed E-state index contributed by atoms with van der Waals surface area (Å²) >= 11 is 2.12. The van der Waals surface area contributed by atoms with Gasteiger partial charge in [0.15, 0.2) is 0 Å². The normalized spacial score (nSPS) is 10.8. The minimum atomic E-state index is -0.656. The molecule has 0 atom stereocenters. The van der Waals surface area contributed by atoms with E-state index in [2.05, 4.69) is 18.7 Å². The molecule has 2 nitrogen and oxygen atoms in total. The summed E-state index contributed by atoms with van der Waals surface area (Å²) in [5.74, 6) is 2.02. The predicted octanol–water partition coefficient (Wildman–Crippen LogP) is 5.51. The SMILES string of the molecule is CCCCCSCCCCCCCCCCC(=O)O. The van der Waals surface area contributed by atoms with Crippen LogP contribution in [0.25, 0.3) is 0 Å². The second-order valence-electron chi connectivity index (χ2n) is 5.29. The molecule has 0 radical (unpaired) electrons. The number of carboxylic acids is 1.